The van der Waals surface area contributed by atoms with E-state index >= 15 is 0 Å². The van der Waals surface area contributed by atoms with Gasteiger partial charge in [0.25, 0.3) is 5.91 Å². The van der Waals surface area contributed by atoms with E-state index in [1.54, 1.807) is 29.8 Å². The molecule has 128 valence electrons. The van der Waals surface area contributed by atoms with Gasteiger partial charge < -0.3 is 10.6 Å². The molecule has 0 saturated heterocycles. The minimum Gasteiger partial charge on any atom is -0.347 e. The Balaban J connectivity index is 1.87. The van der Waals surface area contributed by atoms with Gasteiger partial charge in [0.05, 0.1) is 5.75 Å². The van der Waals surface area contributed by atoms with Crippen LogP contribution in [0.5, 0.6) is 0 Å². The molecule has 0 saturated carbocycles. The zero-order chi connectivity index (χ0) is 17.6. The molecule has 0 atom stereocenters. The van der Waals surface area contributed by atoms with Crippen molar-refractivity contribution in [2.45, 2.75) is 37.1 Å². The van der Waals surface area contributed by atoms with Crippen molar-refractivity contribution in [3.63, 3.8) is 0 Å². The first-order chi connectivity index (χ1) is 11.4. The van der Waals surface area contributed by atoms with Gasteiger partial charge >= 0.3 is 0 Å². The van der Waals surface area contributed by atoms with E-state index in [0.29, 0.717) is 11.3 Å². The Kier molecular flexibility index (Phi) is 6.33. The number of thioether (sulfide) groups is 1. The number of hydrogen-bond donors (Lipinski definition) is 2. The monoisotopic (exact) mass is 364 g/mol. The zero-order valence-electron chi connectivity index (χ0n) is 13.8. The third kappa shape index (κ3) is 5.61. The first-order valence-corrected chi connectivity index (χ1v) is 9.37. The Labute approximate surface area is 149 Å². The lowest BCUT2D eigenvalue weighted by Crippen LogP contribution is -2.42. The average Bonchev–Trinajstić information content (AvgIpc) is 3.06. The highest BCUT2D eigenvalue weighted by molar-refractivity contribution is 8.01. The lowest BCUT2D eigenvalue weighted by molar-refractivity contribution is -0.113. The van der Waals surface area contributed by atoms with Gasteiger partial charge in [-0.2, -0.15) is 0 Å². The Morgan fingerprint density at radius 1 is 1.25 bits per heavy atom. The summed E-state index contributed by atoms with van der Waals surface area (Å²) in [7, 11) is 0. The highest BCUT2D eigenvalue weighted by Crippen LogP contribution is 2.19. The van der Waals surface area contributed by atoms with Crippen molar-refractivity contribution >= 4 is 40.6 Å². The molecule has 8 heteroatoms. The van der Waals surface area contributed by atoms with E-state index in [1.165, 1.54) is 23.1 Å². The summed E-state index contributed by atoms with van der Waals surface area (Å²) in [5.74, 6) is 0.0216. The van der Waals surface area contributed by atoms with Gasteiger partial charge in [-0.1, -0.05) is 30.0 Å². The maximum atomic E-state index is 12.2. The summed E-state index contributed by atoms with van der Waals surface area (Å²) in [6.07, 6.45) is 0.846. The third-order valence-corrected chi connectivity index (χ3v) is 5.29. The first kappa shape index (κ1) is 18.4. The van der Waals surface area contributed by atoms with E-state index in [0.717, 1.165) is 10.8 Å². The molecule has 1 aromatic carbocycles. The van der Waals surface area contributed by atoms with Gasteiger partial charge in [0.1, 0.15) is 5.51 Å². The largest absolute Gasteiger partial charge is 0.347 e. The van der Waals surface area contributed by atoms with Crippen molar-refractivity contribution in [1.29, 1.82) is 0 Å². The van der Waals surface area contributed by atoms with Crippen molar-refractivity contribution in [3.05, 3.63) is 35.3 Å². The summed E-state index contributed by atoms with van der Waals surface area (Å²) in [5.41, 5.74) is 2.61. The van der Waals surface area contributed by atoms with Crippen molar-refractivity contribution in [2.75, 3.05) is 11.1 Å². The van der Waals surface area contributed by atoms with Crippen LogP contribution in [0.3, 0.4) is 0 Å². The predicted octanol–water partition coefficient (Wildman–Crippen LogP) is 3.19. The molecule has 0 aliphatic heterocycles. The summed E-state index contributed by atoms with van der Waals surface area (Å²) in [6, 6.07) is 6.85. The van der Waals surface area contributed by atoms with Crippen LogP contribution >= 0.6 is 23.1 Å². The molecule has 2 rings (SSSR count). The van der Waals surface area contributed by atoms with E-state index in [1.807, 2.05) is 20.8 Å². The number of nitrogens with one attached hydrogen (secondary N) is 2. The summed E-state index contributed by atoms with van der Waals surface area (Å²) in [5, 5.41) is 13.4. The number of hydrogen-bond acceptors (Lipinski definition) is 6. The smallest absolute Gasteiger partial charge is 0.251 e. The second kappa shape index (κ2) is 8.25. The highest BCUT2D eigenvalue weighted by Gasteiger charge is 2.18. The molecule has 0 spiro atoms. The fraction of sp³-hybridized carbons (Fsp3) is 0.375. The molecule has 24 heavy (non-hydrogen) atoms. The lowest BCUT2D eigenvalue weighted by Gasteiger charge is -2.24. The molecule has 2 aromatic rings. The van der Waals surface area contributed by atoms with Crippen LogP contribution in [0.4, 0.5) is 5.69 Å². The Hall–Kier alpha value is -1.93. The van der Waals surface area contributed by atoms with E-state index < -0.39 is 0 Å². The van der Waals surface area contributed by atoms with Gasteiger partial charge in [-0.05, 0) is 44.5 Å². The first-order valence-electron chi connectivity index (χ1n) is 7.51. The van der Waals surface area contributed by atoms with Crippen molar-refractivity contribution in [1.82, 2.24) is 15.5 Å². The van der Waals surface area contributed by atoms with Crippen LogP contribution in [0.25, 0.3) is 0 Å². The van der Waals surface area contributed by atoms with Crippen LogP contribution in [0, 0.1) is 0 Å². The van der Waals surface area contributed by atoms with E-state index in [-0.39, 0.29) is 23.1 Å². The molecule has 0 fully saturated rings. The number of rotatable bonds is 7. The van der Waals surface area contributed by atoms with Crippen LogP contribution in [0.15, 0.2) is 34.1 Å². The molecule has 0 unspecified atom stereocenters. The molecule has 1 aromatic heterocycles. The number of amides is 2. The van der Waals surface area contributed by atoms with Gasteiger partial charge in [0, 0.05) is 16.8 Å². The minimum atomic E-state index is -0.244. The Bertz CT molecular complexity index is 685. The summed E-state index contributed by atoms with van der Waals surface area (Å²) < 4.78 is 0.760. The standard InChI is InChI=1S/C16H20N4O2S2/c1-4-16(2,3)19-14(22)11-5-7-12(8-6-11)18-13(21)9-23-15-20-17-10-24-15/h5-8,10H,4,9H2,1-3H3,(H,18,21)(H,19,22). The van der Waals surface area contributed by atoms with E-state index in [9.17, 15) is 9.59 Å². The quantitative estimate of drug-likeness (QED) is 0.737. The normalized spacial score (nSPS) is 11.1. The predicted molar refractivity (Wildman–Crippen MR) is 97.5 cm³/mol. The SMILES string of the molecule is CCC(C)(C)NC(=O)c1ccc(NC(=O)CSc2nncs2)cc1. The van der Waals surface area contributed by atoms with Gasteiger partial charge in [-0.15, -0.1) is 10.2 Å². The number of nitrogens with zero attached hydrogens (tertiary/aromatic N) is 2. The number of carbonyl (C=O) groups excluding carboxylic acids is 2. The average molecular weight is 364 g/mol. The Morgan fingerprint density at radius 3 is 2.54 bits per heavy atom. The molecular formula is C16H20N4O2S2. The molecule has 0 bridgehead atoms. The maximum absolute atomic E-state index is 12.2. The Morgan fingerprint density at radius 2 is 1.96 bits per heavy atom. The fourth-order valence-electron chi connectivity index (χ4n) is 1.72. The molecule has 2 amide bonds. The lowest BCUT2D eigenvalue weighted by atomic mass is 10.0. The van der Waals surface area contributed by atoms with Crippen LogP contribution in [-0.4, -0.2) is 33.3 Å². The molecule has 0 aliphatic rings. The number of aromatic nitrogens is 2. The van der Waals surface area contributed by atoms with Crippen LogP contribution in [0.1, 0.15) is 37.6 Å². The van der Waals surface area contributed by atoms with E-state index in [2.05, 4.69) is 20.8 Å². The highest BCUT2D eigenvalue weighted by atomic mass is 32.2. The summed E-state index contributed by atoms with van der Waals surface area (Å²) >= 11 is 2.74. The van der Waals surface area contributed by atoms with Crippen molar-refractivity contribution < 1.29 is 9.59 Å². The third-order valence-electron chi connectivity index (χ3n) is 3.43. The topological polar surface area (TPSA) is 84.0 Å². The number of anilines is 1. The van der Waals surface area contributed by atoms with E-state index in [4.69, 9.17) is 0 Å². The molecular weight excluding hydrogens is 344 g/mol. The summed E-state index contributed by atoms with van der Waals surface area (Å²) in [4.78, 5) is 24.1. The molecule has 0 radical (unpaired) electrons. The van der Waals surface area contributed by atoms with Gasteiger partial charge in [-0.25, -0.2) is 0 Å². The molecule has 0 aliphatic carbocycles. The zero-order valence-corrected chi connectivity index (χ0v) is 15.5. The maximum Gasteiger partial charge on any atom is 0.251 e. The fourth-order valence-corrected chi connectivity index (χ4v) is 3.01. The van der Waals surface area contributed by atoms with Crippen LogP contribution in [-0.2, 0) is 4.79 Å². The second-order valence-corrected chi connectivity index (χ2v) is 7.87. The van der Waals surface area contributed by atoms with Crippen molar-refractivity contribution in [2.24, 2.45) is 0 Å². The minimum absolute atomic E-state index is 0.119. The van der Waals surface area contributed by atoms with Crippen molar-refractivity contribution in [3.8, 4) is 0 Å². The van der Waals surface area contributed by atoms with Crippen LogP contribution < -0.4 is 10.6 Å². The van der Waals surface area contributed by atoms with Gasteiger partial charge in [0.2, 0.25) is 5.91 Å². The number of benzene rings is 1. The molecule has 6 nitrogen and oxygen atoms in total. The molecule has 2 N–H and O–H groups in total. The van der Waals surface area contributed by atoms with Gasteiger partial charge in [-0.3, -0.25) is 9.59 Å². The number of carbonyl (C=O) groups is 2. The summed E-state index contributed by atoms with van der Waals surface area (Å²) in [6.45, 7) is 5.99. The van der Waals surface area contributed by atoms with Crippen LogP contribution in [0.2, 0.25) is 0 Å². The second-order valence-electron chi connectivity index (χ2n) is 5.81. The molecule has 1 heterocycles. The van der Waals surface area contributed by atoms with Gasteiger partial charge in [0.15, 0.2) is 4.34 Å².